The molecule has 0 aliphatic rings. The summed E-state index contributed by atoms with van der Waals surface area (Å²) in [5.41, 5.74) is 0.960. The first-order chi connectivity index (χ1) is 4.70. The normalized spacial score (nSPS) is 10.4. The smallest absolute Gasteiger partial charge is 0.113 e. The van der Waals surface area contributed by atoms with Crippen molar-refractivity contribution in [2.75, 3.05) is 7.11 Å². The fourth-order valence-electron chi connectivity index (χ4n) is 0.503. The maximum absolute atomic E-state index is 4.82. The lowest BCUT2D eigenvalue weighted by Gasteiger charge is -2.00. The van der Waals surface area contributed by atoms with Gasteiger partial charge in [0.15, 0.2) is 0 Å². The van der Waals surface area contributed by atoms with E-state index in [1.807, 2.05) is 6.92 Å². The van der Waals surface area contributed by atoms with E-state index in [-0.39, 0.29) is 0 Å². The SMILES string of the molecule is C=CN/C(C)=C/C(=C)OC. The highest BCUT2D eigenvalue weighted by atomic mass is 16.5. The van der Waals surface area contributed by atoms with E-state index < -0.39 is 0 Å². The monoisotopic (exact) mass is 139 g/mol. The molecule has 10 heavy (non-hydrogen) atoms. The lowest BCUT2D eigenvalue weighted by molar-refractivity contribution is 0.308. The van der Waals surface area contributed by atoms with Gasteiger partial charge in [-0.2, -0.15) is 0 Å². The molecule has 0 radical (unpaired) electrons. The van der Waals surface area contributed by atoms with Gasteiger partial charge in [-0.1, -0.05) is 13.2 Å². The Morgan fingerprint density at radius 1 is 1.60 bits per heavy atom. The predicted molar refractivity (Wildman–Crippen MR) is 43.2 cm³/mol. The van der Waals surface area contributed by atoms with Crippen molar-refractivity contribution < 1.29 is 4.74 Å². The zero-order valence-electron chi connectivity index (χ0n) is 6.48. The van der Waals surface area contributed by atoms with Crippen molar-refractivity contribution in [1.29, 1.82) is 0 Å². The van der Waals surface area contributed by atoms with Crippen molar-refractivity contribution in [3.63, 3.8) is 0 Å². The summed E-state index contributed by atoms with van der Waals surface area (Å²) >= 11 is 0. The zero-order chi connectivity index (χ0) is 7.98. The average molecular weight is 139 g/mol. The van der Waals surface area contributed by atoms with E-state index in [0.717, 1.165) is 5.70 Å². The van der Waals surface area contributed by atoms with Gasteiger partial charge < -0.3 is 10.1 Å². The number of ether oxygens (including phenoxy) is 1. The van der Waals surface area contributed by atoms with Crippen LogP contribution in [0.2, 0.25) is 0 Å². The molecule has 0 aromatic carbocycles. The van der Waals surface area contributed by atoms with E-state index in [9.17, 15) is 0 Å². The van der Waals surface area contributed by atoms with Crippen molar-refractivity contribution in [2.24, 2.45) is 0 Å². The highest BCUT2D eigenvalue weighted by Gasteiger charge is 1.85. The van der Waals surface area contributed by atoms with Crippen LogP contribution in [0.5, 0.6) is 0 Å². The summed E-state index contributed by atoms with van der Waals surface area (Å²) in [4.78, 5) is 0. The molecule has 0 aromatic heterocycles. The number of hydrogen-bond donors (Lipinski definition) is 1. The molecule has 0 atom stereocenters. The molecule has 0 saturated carbocycles. The van der Waals surface area contributed by atoms with Crippen LogP contribution in [0.3, 0.4) is 0 Å². The summed E-state index contributed by atoms with van der Waals surface area (Å²) in [7, 11) is 1.58. The van der Waals surface area contributed by atoms with Gasteiger partial charge in [0.05, 0.1) is 7.11 Å². The van der Waals surface area contributed by atoms with Gasteiger partial charge in [-0.25, -0.2) is 0 Å². The zero-order valence-corrected chi connectivity index (χ0v) is 6.48. The molecular formula is C8H13NO. The third-order valence-corrected chi connectivity index (χ3v) is 0.969. The van der Waals surface area contributed by atoms with Gasteiger partial charge in [0.1, 0.15) is 5.76 Å². The summed E-state index contributed by atoms with van der Waals surface area (Å²) in [5.74, 6) is 0.631. The Morgan fingerprint density at radius 3 is 2.60 bits per heavy atom. The van der Waals surface area contributed by atoms with Crippen LogP contribution in [-0.4, -0.2) is 7.11 Å². The molecule has 1 N–H and O–H groups in total. The molecule has 0 fully saturated rings. The van der Waals surface area contributed by atoms with Crippen LogP contribution in [0.25, 0.3) is 0 Å². The lowest BCUT2D eigenvalue weighted by atomic mass is 10.4. The largest absolute Gasteiger partial charge is 0.497 e. The van der Waals surface area contributed by atoms with Crippen LogP contribution in [0, 0.1) is 0 Å². The third-order valence-electron chi connectivity index (χ3n) is 0.969. The van der Waals surface area contributed by atoms with E-state index >= 15 is 0 Å². The van der Waals surface area contributed by atoms with E-state index in [0.29, 0.717) is 5.76 Å². The van der Waals surface area contributed by atoms with Crippen LogP contribution < -0.4 is 5.32 Å². The van der Waals surface area contributed by atoms with Crippen LogP contribution in [0.15, 0.2) is 36.9 Å². The molecule has 0 amide bonds. The first-order valence-electron chi connectivity index (χ1n) is 2.99. The quantitative estimate of drug-likeness (QED) is 0.473. The standard InChI is InChI=1S/C8H13NO/c1-5-9-7(2)6-8(3)10-4/h5-6,9H,1,3H2,2,4H3/b7-6+. The molecule has 2 nitrogen and oxygen atoms in total. The predicted octanol–water partition coefficient (Wildman–Crippen LogP) is 1.78. The van der Waals surface area contributed by atoms with E-state index in [4.69, 9.17) is 4.74 Å². The molecule has 0 aliphatic heterocycles. The Hall–Kier alpha value is -1.18. The Bertz CT molecular complexity index is 159. The number of rotatable bonds is 4. The van der Waals surface area contributed by atoms with Crippen LogP contribution in [-0.2, 0) is 4.74 Å². The molecule has 0 aromatic rings. The van der Waals surface area contributed by atoms with Gasteiger partial charge in [-0.05, 0) is 19.2 Å². The van der Waals surface area contributed by atoms with Crippen LogP contribution >= 0.6 is 0 Å². The highest BCUT2D eigenvalue weighted by molar-refractivity contribution is 5.13. The summed E-state index contributed by atoms with van der Waals surface area (Å²) in [5, 5.41) is 2.89. The van der Waals surface area contributed by atoms with Gasteiger partial charge in [0.25, 0.3) is 0 Å². The Balaban J connectivity index is 3.88. The first kappa shape index (κ1) is 8.82. The van der Waals surface area contributed by atoms with Crippen molar-refractivity contribution >= 4 is 0 Å². The Morgan fingerprint density at radius 2 is 2.20 bits per heavy atom. The molecule has 0 rings (SSSR count). The Labute approximate surface area is 61.9 Å². The summed E-state index contributed by atoms with van der Waals surface area (Å²) in [6.07, 6.45) is 3.40. The minimum absolute atomic E-state index is 0.631. The second kappa shape index (κ2) is 4.68. The maximum atomic E-state index is 4.82. The molecule has 2 heteroatoms. The maximum Gasteiger partial charge on any atom is 0.113 e. The lowest BCUT2D eigenvalue weighted by Crippen LogP contribution is -2.00. The molecule has 0 heterocycles. The van der Waals surface area contributed by atoms with Gasteiger partial charge in [0.2, 0.25) is 0 Å². The average Bonchev–Trinajstić information content (AvgIpc) is 1.88. The Kier molecular flexibility index (Phi) is 4.12. The van der Waals surface area contributed by atoms with Crippen molar-refractivity contribution in [3.05, 3.63) is 36.9 Å². The fourth-order valence-corrected chi connectivity index (χ4v) is 0.503. The van der Waals surface area contributed by atoms with Gasteiger partial charge in [-0.15, -0.1) is 0 Å². The van der Waals surface area contributed by atoms with E-state index in [1.165, 1.54) is 0 Å². The number of nitrogens with one attached hydrogen (secondary N) is 1. The molecule has 0 bridgehead atoms. The first-order valence-corrected chi connectivity index (χ1v) is 2.99. The van der Waals surface area contributed by atoms with Crippen molar-refractivity contribution in [3.8, 4) is 0 Å². The third kappa shape index (κ3) is 3.78. The summed E-state index contributed by atoms with van der Waals surface area (Å²) in [6.45, 7) is 9.04. The number of methoxy groups -OCH3 is 1. The molecular weight excluding hydrogens is 126 g/mol. The topological polar surface area (TPSA) is 21.3 Å². The molecule has 0 spiro atoms. The number of hydrogen-bond acceptors (Lipinski definition) is 2. The molecule has 0 saturated heterocycles. The second-order valence-corrected chi connectivity index (χ2v) is 1.85. The molecule has 56 valence electrons. The minimum atomic E-state index is 0.631. The minimum Gasteiger partial charge on any atom is -0.497 e. The van der Waals surface area contributed by atoms with Crippen molar-refractivity contribution in [2.45, 2.75) is 6.92 Å². The second-order valence-electron chi connectivity index (χ2n) is 1.85. The van der Waals surface area contributed by atoms with Crippen LogP contribution in [0.4, 0.5) is 0 Å². The van der Waals surface area contributed by atoms with E-state index in [2.05, 4.69) is 18.5 Å². The van der Waals surface area contributed by atoms with Crippen molar-refractivity contribution in [1.82, 2.24) is 5.32 Å². The summed E-state index contributed by atoms with van der Waals surface area (Å²) in [6, 6.07) is 0. The van der Waals surface area contributed by atoms with E-state index in [1.54, 1.807) is 19.4 Å². The fraction of sp³-hybridized carbons (Fsp3) is 0.250. The molecule has 0 unspecified atom stereocenters. The van der Waals surface area contributed by atoms with Gasteiger partial charge in [-0.3, -0.25) is 0 Å². The highest BCUT2D eigenvalue weighted by Crippen LogP contribution is 1.96. The number of allylic oxidation sites excluding steroid dienone is 2. The van der Waals surface area contributed by atoms with Crippen LogP contribution in [0.1, 0.15) is 6.92 Å². The summed E-state index contributed by atoms with van der Waals surface area (Å²) < 4.78 is 4.82. The van der Waals surface area contributed by atoms with Gasteiger partial charge >= 0.3 is 0 Å². The van der Waals surface area contributed by atoms with Gasteiger partial charge in [0, 0.05) is 5.70 Å². The molecule has 0 aliphatic carbocycles.